The largest absolute Gasteiger partial charge is 0.468 e. The number of carbonyl (C=O) groups excluding carboxylic acids is 3. The van der Waals surface area contributed by atoms with Crippen molar-refractivity contribution in [1.82, 2.24) is 9.47 Å². The van der Waals surface area contributed by atoms with Gasteiger partial charge >= 0.3 is 5.97 Å². The number of ketones is 1. The maximum Gasteiger partial charge on any atom is 0.319 e. The number of esters is 1. The molecule has 1 aliphatic rings. The first kappa shape index (κ1) is 18.3. The van der Waals surface area contributed by atoms with Crippen molar-refractivity contribution in [2.45, 2.75) is 33.2 Å². The van der Waals surface area contributed by atoms with Gasteiger partial charge in [-0.3, -0.25) is 23.9 Å². The molecule has 0 aliphatic heterocycles. The third kappa shape index (κ3) is 2.94. The number of likely N-dealkylation sites (N-methyl/N-ethyl adjacent to an activating group) is 1. The van der Waals surface area contributed by atoms with Crippen molar-refractivity contribution in [3.63, 3.8) is 0 Å². The molecule has 1 atom stereocenters. The zero-order valence-electron chi connectivity index (χ0n) is 15.8. The minimum Gasteiger partial charge on any atom is -0.468 e. The van der Waals surface area contributed by atoms with Gasteiger partial charge in [-0.1, -0.05) is 32.9 Å². The molecule has 2 aromatic rings. The quantitative estimate of drug-likeness (QED) is 0.791. The van der Waals surface area contributed by atoms with Crippen LogP contribution < -0.4 is 0 Å². The Hall–Kier alpha value is -2.47. The standard InChI is InChI=1S/C20H24N2O4/c1-20(2,3)19(25)22-10-12-9-15(21(4)11-16(23)26-5)18(24)13-7-6-8-14(22)17(12)13/h6-8,10,15H,9,11H2,1-5H3. The summed E-state index contributed by atoms with van der Waals surface area (Å²) in [7, 11) is 3.07. The van der Waals surface area contributed by atoms with Gasteiger partial charge in [0.15, 0.2) is 5.78 Å². The number of hydrogen-bond donors (Lipinski definition) is 0. The van der Waals surface area contributed by atoms with Gasteiger partial charge < -0.3 is 4.74 Å². The van der Waals surface area contributed by atoms with Crippen molar-refractivity contribution in [2.24, 2.45) is 5.41 Å². The highest BCUT2D eigenvalue weighted by Gasteiger charge is 2.35. The van der Waals surface area contributed by atoms with E-state index in [4.69, 9.17) is 4.74 Å². The minimum atomic E-state index is -0.529. The predicted molar refractivity (Wildman–Crippen MR) is 98.5 cm³/mol. The van der Waals surface area contributed by atoms with Crippen molar-refractivity contribution < 1.29 is 19.1 Å². The summed E-state index contributed by atoms with van der Waals surface area (Å²) in [6.45, 7) is 5.67. The molecule has 0 fully saturated rings. The van der Waals surface area contributed by atoms with E-state index in [9.17, 15) is 14.4 Å². The smallest absolute Gasteiger partial charge is 0.319 e. The van der Waals surface area contributed by atoms with Crippen LogP contribution in [0.2, 0.25) is 0 Å². The molecule has 6 nitrogen and oxygen atoms in total. The van der Waals surface area contributed by atoms with Crippen molar-refractivity contribution in [3.8, 4) is 0 Å². The number of methoxy groups -OCH3 is 1. The summed E-state index contributed by atoms with van der Waals surface area (Å²) in [6.07, 6.45) is 2.30. The molecule has 26 heavy (non-hydrogen) atoms. The maximum absolute atomic E-state index is 13.0. The summed E-state index contributed by atoms with van der Waals surface area (Å²) in [5, 5.41) is 0.845. The van der Waals surface area contributed by atoms with Crippen LogP contribution in [0.5, 0.6) is 0 Å². The zero-order valence-corrected chi connectivity index (χ0v) is 15.8. The van der Waals surface area contributed by atoms with E-state index in [1.165, 1.54) is 7.11 Å². The lowest BCUT2D eigenvalue weighted by atomic mass is 9.87. The van der Waals surface area contributed by atoms with Gasteiger partial charge in [-0.2, -0.15) is 0 Å². The average molecular weight is 356 g/mol. The molecule has 0 amide bonds. The lowest BCUT2D eigenvalue weighted by molar-refractivity contribution is -0.141. The Morgan fingerprint density at radius 1 is 1.31 bits per heavy atom. The predicted octanol–water partition coefficient (Wildman–Crippen LogP) is 2.54. The second-order valence-electron chi connectivity index (χ2n) is 7.85. The van der Waals surface area contributed by atoms with E-state index in [0.717, 1.165) is 16.5 Å². The molecule has 1 heterocycles. The second-order valence-corrected chi connectivity index (χ2v) is 7.85. The Morgan fingerprint density at radius 3 is 2.62 bits per heavy atom. The fourth-order valence-electron chi connectivity index (χ4n) is 3.47. The van der Waals surface area contributed by atoms with Crippen LogP contribution in [0.25, 0.3) is 10.9 Å². The van der Waals surface area contributed by atoms with Gasteiger partial charge in [-0.05, 0) is 25.1 Å². The maximum atomic E-state index is 13.0. The van der Waals surface area contributed by atoms with Gasteiger partial charge in [0.25, 0.3) is 0 Å². The number of carbonyl (C=O) groups is 3. The lowest BCUT2D eigenvalue weighted by Gasteiger charge is -2.29. The van der Waals surface area contributed by atoms with Gasteiger partial charge in [-0.15, -0.1) is 0 Å². The summed E-state index contributed by atoms with van der Waals surface area (Å²) in [5.74, 6) is -0.431. The number of ether oxygens (including phenoxy) is 1. The molecule has 138 valence electrons. The lowest BCUT2D eigenvalue weighted by Crippen LogP contribution is -2.44. The van der Waals surface area contributed by atoms with Crippen LogP contribution in [-0.4, -0.2) is 53.9 Å². The van der Waals surface area contributed by atoms with E-state index in [1.54, 1.807) is 28.6 Å². The monoisotopic (exact) mass is 356 g/mol. The van der Waals surface area contributed by atoms with Gasteiger partial charge in [0, 0.05) is 22.6 Å². The summed E-state index contributed by atoms with van der Waals surface area (Å²) >= 11 is 0. The first-order chi connectivity index (χ1) is 12.1. The Labute approximate surface area is 152 Å². The number of nitrogens with zero attached hydrogens (tertiary/aromatic N) is 2. The average Bonchev–Trinajstić information content (AvgIpc) is 2.95. The van der Waals surface area contributed by atoms with E-state index in [2.05, 4.69) is 0 Å². The van der Waals surface area contributed by atoms with Crippen molar-refractivity contribution in [3.05, 3.63) is 35.5 Å². The molecular weight excluding hydrogens is 332 g/mol. The van der Waals surface area contributed by atoms with Crippen molar-refractivity contribution in [2.75, 3.05) is 20.7 Å². The molecule has 6 heteroatoms. The Kier molecular flexibility index (Phi) is 4.48. The summed E-state index contributed by atoms with van der Waals surface area (Å²) in [6, 6.07) is 5.01. The van der Waals surface area contributed by atoms with Crippen molar-refractivity contribution in [1.29, 1.82) is 0 Å². The van der Waals surface area contributed by atoms with Gasteiger partial charge in [0.1, 0.15) is 0 Å². The topological polar surface area (TPSA) is 68.6 Å². The van der Waals surface area contributed by atoms with E-state index in [-0.39, 0.29) is 24.2 Å². The molecule has 0 N–H and O–H groups in total. The molecule has 0 saturated carbocycles. The SMILES string of the molecule is COC(=O)CN(C)C1Cc2cn(C(=O)C(C)(C)C)c3cccc(c23)C1=O. The van der Waals surface area contributed by atoms with E-state index in [0.29, 0.717) is 12.0 Å². The summed E-state index contributed by atoms with van der Waals surface area (Å²) in [5.41, 5.74) is 1.79. The van der Waals surface area contributed by atoms with E-state index < -0.39 is 11.5 Å². The Balaban J connectivity index is 2.06. The highest BCUT2D eigenvalue weighted by Crippen LogP contribution is 2.34. The van der Waals surface area contributed by atoms with Crippen LogP contribution >= 0.6 is 0 Å². The Morgan fingerprint density at radius 2 is 2.00 bits per heavy atom. The third-order valence-electron chi connectivity index (χ3n) is 4.89. The molecule has 3 rings (SSSR count). The summed E-state index contributed by atoms with van der Waals surface area (Å²) in [4.78, 5) is 39.1. The molecule has 0 bridgehead atoms. The van der Waals surface area contributed by atoms with E-state index >= 15 is 0 Å². The van der Waals surface area contributed by atoms with Gasteiger partial charge in [-0.25, -0.2) is 0 Å². The zero-order chi connectivity index (χ0) is 19.2. The molecule has 1 unspecified atom stereocenters. The number of aromatic nitrogens is 1. The van der Waals surface area contributed by atoms with Crippen LogP contribution in [0.4, 0.5) is 0 Å². The van der Waals surface area contributed by atoms with Crippen LogP contribution in [0, 0.1) is 5.41 Å². The number of Topliss-reactive ketones (excluding diaryl/α,β-unsaturated/α-hetero) is 1. The minimum absolute atomic E-state index is 0.0142. The molecule has 0 radical (unpaired) electrons. The molecule has 1 aromatic carbocycles. The number of rotatable bonds is 3. The molecule has 1 aliphatic carbocycles. The first-order valence-corrected chi connectivity index (χ1v) is 8.64. The van der Waals surface area contributed by atoms with Crippen LogP contribution in [0.3, 0.4) is 0 Å². The second kappa shape index (κ2) is 6.36. The fraction of sp³-hybridized carbons (Fsp3) is 0.450. The highest BCUT2D eigenvalue weighted by atomic mass is 16.5. The molecular formula is C20H24N2O4. The number of hydrogen-bond acceptors (Lipinski definition) is 5. The fourth-order valence-corrected chi connectivity index (χ4v) is 3.47. The number of benzene rings is 1. The third-order valence-corrected chi connectivity index (χ3v) is 4.89. The van der Waals surface area contributed by atoms with Crippen LogP contribution in [-0.2, 0) is 16.0 Å². The summed E-state index contributed by atoms with van der Waals surface area (Å²) < 4.78 is 6.36. The van der Waals surface area contributed by atoms with Gasteiger partial charge in [0.05, 0.1) is 25.2 Å². The highest BCUT2D eigenvalue weighted by molar-refractivity contribution is 6.14. The molecule has 1 aromatic heterocycles. The molecule has 0 spiro atoms. The molecule has 0 saturated heterocycles. The Bertz CT molecular complexity index is 904. The normalized spacial score (nSPS) is 17.0. The first-order valence-electron chi connectivity index (χ1n) is 8.64. The van der Waals surface area contributed by atoms with Crippen LogP contribution in [0.15, 0.2) is 24.4 Å². The van der Waals surface area contributed by atoms with E-state index in [1.807, 2.05) is 33.0 Å². The van der Waals surface area contributed by atoms with Crippen molar-refractivity contribution >= 4 is 28.6 Å². The van der Waals surface area contributed by atoms with Gasteiger partial charge in [0.2, 0.25) is 5.91 Å². The van der Waals surface area contributed by atoms with Crippen LogP contribution in [0.1, 0.15) is 41.5 Å².